The summed E-state index contributed by atoms with van der Waals surface area (Å²) in [5.74, 6) is 0. The Balaban J connectivity index is 3.14. The number of carbonyl (C=O) groups excluding carboxylic acids is 1. The van der Waals surface area contributed by atoms with Crippen molar-refractivity contribution in [1.82, 2.24) is 0 Å². The van der Waals surface area contributed by atoms with Gasteiger partial charge in [-0.05, 0) is 26.3 Å². The van der Waals surface area contributed by atoms with Gasteiger partial charge in [0, 0.05) is 10.4 Å². The lowest BCUT2D eigenvalue weighted by Crippen LogP contribution is -2.18. The number of hydrogen-bond donors (Lipinski definition) is 2. The zero-order valence-corrected chi connectivity index (χ0v) is 9.37. The Morgan fingerprint density at radius 1 is 1.50 bits per heavy atom. The lowest BCUT2D eigenvalue weighted by Gasteiger charge is -1.99. The van der Waals surface area contributed by atoms with Gasteiger partial charge in [-0.15, -0.1) is 11.3 Å². The number of aryl methyl sites for hydroxylation is 1. The molecule has 0 aromatic carbocycles. The smallest absolute Gasteiger partial charge is 0.317 e. The minimum Gasteiger partial charge on any atom is -0.351 e. The molecule has 14 heavy (non-hydrogen) atoms. The molecule has 3 nitrogen and oxygen atoms in total. The monoisotopic (exact) mass is 210 g/mol. The van der Waals surface area contributed by atoms with E-state index in [1.165, 1.54) is 10.4 Å². The molecule has 0 saturated heterocycles. The molecule has 0 saturated carbocycles. The second-order valence-corrected chi connectivity index (χ2v) is 4.24. The largest absolute Gasteiger partial charge is 0.351 e. The lowest BCUT2D eigenvalue weighted by molar-refractivity contribution is 0.259. The standard InChI is InChI=1S/C10H14N2OS/c1-4-5-8-6(2)7(3)14-9(8)12-10(11)13/h4-5H,1-3H3,(H3,11,12,13). The molecule has 1 aromatic heterocycles. The Bertz CT molecular complexity index is 380. The van der Waals surface area contributed by atoms with E-state index in [0.29, 0.717) is 0 Å². The van der Waals surface area contributed by atoms with Crippen molar-refractivity contribution >= 4 is 28.4 Å². The molecule has 1 heterocycles. The fourth-order valence-corrected chi connectivity index (χ4v) is 2.27. The minimum atomic E-state index is -0.517. The van der Waals surface area contributed by atoms with Gasteiger partial charge in [0.2, 0.25) is 0 Å². The van der Waals surface area contributed by atoms with E-state index in [0.717, 1.165) is 10.6 Å². The van der Waals surface area contributed by atoms with Crippen LogP contribution in [0.4, 0.5) is 9.80 Å². The number of anilines is 1. The van der Waals surface area contributed by atoms with Crippen LogP contribution in [-0.2, 0) is 0 Å². The van der Waals surface area contributed by atoms with Crippen LogP contribution in [0, 0.1) is 13.8 Å². The van der Waals surface area contributed by atoms with Crippen LogP contribution in [0.2, 0.25) is 0 Å². The van der Waals surface area contributed by atoms with Crippen molar-refractivity contribution in [1.29, 1.82) is 0 Å². The summed E-state index contributed by atoms with van der Waals surface area (Å²) in [6.07, 6.45) is 3.92. The van der Waals surface area contributed by atoms with Gasteiger partial charge in [0.1, 0.15) is 5.00 Å². The number of nitrogens with two attached hydrogens (primary N) is 1. The maximum atomic E-state index is 10.7. The minimum absolute atomic E-state index is 0.517. The third-order valence-corrected chi connectivity index (χ3v) is 3.14. The van der Waals surface area contributed by atoms with Gasteiger partial charge in [0.05, 0.1) is 0 Å². The molecule has 4 heteroatoms. The van der Waals surface area contributed by atoms with Crippen molar-refractivity contribution in [2.45, 2.75) is 20.8 Å². The highest BCUT2D eigenvalue weighted by atomic mass is 32.1. The summed E-state index contributed by atoms with van der Waals surface area (Å²) in [6.45, 7) is 6.01. The van der Waals surface area contributed by atoms with Crippen molar-refractivity contribution in [3.05, 3.63) is 22.1 Å². The molecule has 76 valence electrons. The summed E-state index contributed by atoms with van der Waals surface area (Å²) in [5.41, 5.74) is 7.32. The van der Waals surface area contributed by atoms with Crippen LogP contribution in [-0.4, -0.2) is 6.03 Å². The molecule has 0 aliphatic rings. The number of allylic oxidation sites excluding steroid dienone is 1. The molecule has 0 atom stereocenters. The SMILES string of the molecule is CC=Cc1c(NC(N)=O)sc(C)c1C. The summed E-state index contributed by atoms with van der Waals surface area (Å²) in [7, 11) is 0. The Kier molecular flexibility index (Phi) is 3.30. The summed E-state index contributed by atoms with van der Waals surface area (Å²) in [6, 6.07) is -0.517. The molecule has 0 radical (unpaired) electrons. The van der Waals surface area contributed by atoms with E-state index >= 15 is 0 Å². The number of thiophene rings is 1. The summed E-state index contributed by atoms with van der Waals surface area (Å²) in [4.78, 5) is 11.9. The quantitative estimate of drug-likeness (QED) is 0.774. The van der Waals surface area contributed by atoms with Crippen LogP contribution < -0.4 is 11.1 Å². The highest BCUT2D eigenvalue weighted by molar-refractivity contribution is 7.16. The molecule has 2 amide bonds. The summed E-state index contributed by atoms with van der Waals surface area (Å²) in [5, 5.41) is 3.45. The van der Waals surface area contributed by atoms with Gasteiger partial charge in [0.25, 0.3) is 0 Å². The first-order valence-corrected chi connectivity index (χ1v) is 5.17. The van der Waals surface area contributed by atoms with Gasteiger partial charge in [0.15, 0.2) is 0 Å². The van der Waals surface area contributed by atoms with Crippen LogP contribution in [0.3, 0.4) is 0 Å². The lowest BCUT2D eigenvalue weighted by atomic mass is 10.1. The van der Waals surface area contributed by atoms with E-state index in [-0.39, 0.29) is 0 Å². The zero-order valence-electron chi connectivity index (χ0n) is 8.55. The Labute approximate surface area is 87.6 Å². The van der Waals surface area contributed by atoms with Crippen molar-refractivity contribution in [2.75, 3.05) is 5.32 Å². The molecule has 0 spiro atoms. The number of hydrogen-bond acceptors (Lipinski definition) is 2. The molecule has 1 rings (SSSR count). The van der Waals surface area contributed by atoms with E-state index in [1.54, 1.807) is 11.3 Å². The number of rotatable bonds is 2. The molecule has 0 aliphatic carbocycles. The number of primary amides is 1. The first-order chi connectivity index (χ1) is 6.56. The molecule has 1 aromatic rings. The Morgan fingerprint density at radius 2 is 2.14 bits per heavy atom. The second-order valence-electron chi connectivity index (χ2n) is 3.02. The number of nitrogens with one attached hydrogen (secondary N) is 1. The van der Waals surface area contributed by atoms with Gasteiger partial charge in [-0.2, -0.15) is 0 Å². The van der Waals surface area contributed by atoms with Crippen molar-refractivity contribution in [2.24, 2.45) is 5.73 Å². The first-order valence-electron chi connectivity index (χ1n) is 4.35. The Hall–Kier alpha value is -1.29. The number of amides is 2. The summed E-state index contributed by atoms with van der Waals surface area (Å²) < 4.78 is 0. The van der Waals surface area contributed by atoms with Crippen LogP contribution in [0.5, 0.6) is 0 Å². The average molecular weight is 210 g/mol. The maximum absolute atomic E-state index is 10.7. The van der Waals surface area contributed by atoms with Crippen LogP contribution in [0.15, 0.2) is 6.08 Å². The molecule has 0 aliphatic heterocycles. The maximum Gasteiger partial charge on any atom is 0.317 e. The van der Waals surface area contributed by atoms with Crippen LogP contribution >= 0.6 is 11.3 Å². The van der Waals surface area contributed by atoms with Crippen LogP contribution in [0.25, 0.3) is 6.08 Å². The van der Waals surface area contributed by atoms with E-state index in [4.69, 9.17) is 5.73 Å². The van der Waals surface area contributed by atoms with E-state index in [2.05, 4.69) is 5.32 Å². The second kappa shape index (κ2) is 4.28. The topological polar surface area (TPSA) is 55.1 Å². The van der Waals surface area contributed by atoms with Gasteiger partial charge in [-0.3, -0.25) is 5.32 Å². The summed E-state index contributed by atoms with van der Waals surface area (Å²) >= 11 is 1.55. The van der Waals surface area contributed by atoms with Crippen molar-refractivity contribution in [3.8, 4) is 0 Å². The normalized spacial score (nSPS) is 10.8. The third kappa shape index (κ3) is 2.14. The van der Waals surface area contributed by atoms with E-state index in [1.807, 2.05) is 32.9 Å². The van der Waals surface area contributed by atoms with Gasteiger partial charge < -0.3 is 5.73 Å². The van der Waals surface area contributed by atoms with Gasteiger partial charge in [-0.1, -0.05) is 12.2 Å². The Morgan fingerprint density at radius 3 is 2.64 bits per heavy atom. The number of urea groups is 1. The predicted octanol–water partition coefficient (Wildman–Crippen LogP) is 2.89. The molecule has 0 unspecified atom stereocenters. The highest BCUT2D eigenvalue weighted by Gasteiger charge is 2.10. The van der Waals surface area contributed by atoms with Crippen molar-refractivity contribution < 1.29 is 4.79 Å². The molecule has 0 fully saturated rings. The molecule has 3 N–H and O–H groups in total. The first kappa shape index (κ1) is 10.8. The fraction of sp³-hybridized carbons (Fsp3) is 0.300. The number of carbonyl (C=O) groups is 1. The highest BCUT2D eigenvalue weighted by Crippen LogP contribution is 2.33. The molecular formula is C10H14N2OS. The average Bonchev–Trinajstić information content (AvgIpc) is 2.32. The van der Waals surface area contributed by atoms with E-state index in [9.17, 15) is 4.79 Å². The third-order valence-electron chi connectivity index (χ3n) is 2.00. The van der Waals surface area contributed by atoms with Gasteiger partial charge >= 0.3 is 6.03 Å². The van der Waals surface area contributed by atoms with E-state index < -0.39 is 6.03 Å². The molecule has 0 bridgehead atoms. The fourth-order valence-electron chi connectivity index (χ4n) is 1.22. The predicted molar refractivity (Wildman–Crippen MR) is 61.7 cm³/mol. The van der Waals surface area contributed by atoms with Gasteiger partial charge in [-0.25, -0.2) is 4.79 Å². The molecular weight excluding hydrogens is 196 g/mol. The van der Waals surface area contributed by atoms with Crippen molar-refractivity contribution in [3.63, 3.8) is 0 Å². The zero-order chi connectivity index (χ0) is 10.7. The van der Waals surface area contributed by atoms with Crippen LogP contribution in [0.1, 0.15) is 22.9 Å².